The van der Waals surface area contributed by atoms with Gasteiger partial charge in [0, 0.05) is 5.56 Å². The van der Waals surface area contributed by atoms with Crippen molar-refractivity contribution in [3.63, 3.8) is 0 Å². The molecule has 17 heavy (non-hydrogen) atoms. The van der Waals surface area contributed by atoms with E-state index in [-0.39, 0.29) is 11.6 Å². The summed E-state index contributed by atoms with van der Waals surface area (Å²) < 4.78 is 13.5. The average Bonchev–Trinajstić information content (AvgIpc) is 2.31. The third-order valence-corrected chi connectivity index (χ3v) is 2.25. The van der Waals surface area contributed by atoms with E-state index in [0.29, 0.717) is 11.1 Å². The predicted molar refractivity (Wildman–Crippen MR) is 69.6 cm³/mol. The Bertz CT molecular complexity index is 472. The Kier molecular flexibility index (Phi) is 4.70. The first kappa shape index (κ1) is 13.2. The molecule has 1 N–H and O–H groups in total. The lowest BCUT2D eigenvalue weighted by Crippen LogP contribution is -1.84. The van der Waals surface area contributed by atoms with Crippen molar-refractivity contribution in [1.29, 1.82) is 0 Å². The van der Waals surface area contributed by atoms with E-state index < -0.39 is 0 Å². The molecule has 0 unspecified atom stereocenters. The Morgan fingerprint density at radius 3 is 2.24 bits per heavy atom. The maximum Gasteiger partial charge on any atom is 0.131 e. The van der Waals surface area contributed by atoms with Crippen molar-refractivity contribution in [3.8, 4) is 16.9 Å². The van der Waals surface area contributed by atoms with E-state index >= 15 is 0 Å². The molecule has 0 amide bonds. The lowest BCUT2D eigenvalue weighted by Gasteiger charge is -2.05. The number of phenols is 1. The molecule has 0 saturated heterocycles. The summed E-state index contributed by atoms with van der Waals surface area (Å²) in [6, 6.07) is 11.6. The van der Waals surface area contributed by atoms with Crippen LogP contribution in [-0.4, -0.2) is 5.11 Å². The molecule has 0 spiro atoms. The molecule has 0 radical (unpaired) electrons. The fourth-order valence-corrected chi connectivity index (χ4v) is 1.61. The highest BCUT2D eigenvalue weighted by atomic mass is 19.1. The number of rotatable bonds is 1. The van der Waals surface area contributed by atoms with Crippen LogP contribution in [0.15, 0.2) is 42.5 Å². The van der Waals surface area contributed by atoms with Gasteiger partial charge in [-0.15, -0.1) is 0 Å². The van der Waals surface area contributed by atoms with E-state index in [1.54, 1.807) is 30.3 Å². The second-order valence-electron chi connectivity index (χ2n) is 3.54. The van der Waals surface area contributed by atoms with Gasteiger partial charge in [-0.2, -0.15) is 0 Å². The van der Waals surface area contributed by atoms with Gasteiger partial charge in [0.25, 0.3) is 0 Å². The zero-order valence-electron chi connectivity index (χ0n) is 10.4. The molecule has 2 aromatic carbocycles. The van der Waals surface area contributed by atoms with Crippen molar-refractivity contribution in [3.05, 3.63) is 53.8 Å². The first-order valence-corrected chi connectivity index (χ1v) is 5.72. The molecule has 90 valence electrons. The minimum Gasteiger partial charge on any atom is -0.508 e. The van der Waals surface area contributed by atoms with E-state index in [1.165, 1.54) is 6.07 Å². The van der Waals surface area contributed by atoms with Crippen molar-refractivity contribution in [2.24, 2.45) is 0 Å². The molecule has 0 aliphatic carbocycles. The molecule has 0 aliphatic rings. The van der Waals surface area contributed by atoms with Crippen LogP contribution in [-0.2, 0) is 0 Å². The number of phenolic OH excluding ortho intramolecular Hbond substituents is 1. The molecular weight excluding hydrogens is 215 g/mol. The van der Waals surface area contributed by atoms with Gasteiger partial charge in [0.05, 0.1) is 0 Å². The highest BCUT2D eigenvalue weighted by Crippen LogP contribution is 2.26. The minimum absolute atomic E-state index is 0.160. The van der Waals surface area contributed by atoms with E-state index in [2.05, 4.69) is 0 Å². The van der Waals surface area contributed by atoms with Crippen LogP contribution in [0.1, 0.15) is 19.4 Å². The predicted octanol–water partition coefficient (Wildman–Crippen LogP) is 4.53. The first-order chi connectivity index (χ1) is 8.16. The summed E-state index contributed by atoms with van der Waals surface area (Å²) in [6.07, 6.45) is 0. The van der Waals surface area contributed by atoms with Gasteiger partial charge in [0.1, 0.15) is 11.6 Å². The SMILES string of the molecule is CC.Cc1cc(O)cc(-c2ccccc2F)c1. The summed E-state index contributed by atoms with van der Waals surface area (Å²) in [5, 5.41) is 9.42. The topological polar surface area (TPSA) is 20.2 Å². The Balaban J connectivity index is 0.000000686. The van der Waals surface area contributed by atoms with Crippen LogP contribution in [0.4, 0.5) is 4.39 Å². The van der Waals surface area contributed by atoms with Gasteiger partial charge in [-0.3, -0.25) is 0 Å². The summed E-state index contributed by atoms with van der Waals surface area (Å²) in [5.74, 6) is -0.115. The lowest BCUT2D eigenvalue weighted by molar-refractivity contribution is 0.475. The molecule has 0 atom stereocenters. The fraction of sp³-hybridized carbons (Fsp3) is 0.200. The van der Waals surface area contributed by atoms with Crippen LogP contribution in [0, 0.1) is 12.7 Å². The van der Waals surface area contributed by atoms with Crippen molar-refractivity contribution in [1.82, 2.24) is 0 Å². The number of benzene rings is 2. The largest absolute Gasteiger partial charge is 0.508 e. The monoisotopic (exact) mass is 232 g/mol. The number of aromatic hydroxyl groups is 1. The third kappa shape index (κ3) is 3.31. The van der Waals surface area contributed by atoms with Gasteiger partial charge in [-0.1, -0.05) is 38.1 Å². The minimum atomic E-state index is -0.275. The van der Waals surface area contributed by atoms with E-state index in [4.69, 9.17) is 0 Å². The van der Waals surface area contributed by atoms with Gasteiger partial charge in [-0.05, 0) is 36.2 Å². The second kappa shape index (κ2) is 6.04. The molecule has 2 heteroatoms. The molecule has 0 saturated carbocycles. The summed E-state index contributed by atoms with van der Waals surface area (Å²) in [7, 11) is 0. The van der Waals surface area contributed by atoms with Crippen LogP contribution in [0.2, 0.25) is 0 Å². The number of halogens is 1. The Hall–Kier alpha value is -1.83. The first-order valence-electron chi connectivity index (χ1n) is 5.72. The summed E-state index contributed by atoms with van der Waals surface area (Å²) in [5.41, 5.74) is 2.12. The van der Waals surface area contributed by atoms with Crippen LogP contribution in [0.5, 0.6) is 5.75 Å². The molecule has 1 nitrogen and oxygen atoms in total. The van der Waals surface area contributed by atoms with Gasteiger partial charge < -0.3 is 5.11 Å². The molecule has 0 aliphatic heterocycles. The smallest absolute Gasteiger partial charge is 0.131 e. The van der Waals surface area contributed by atoms with Gasteiger partial charge in [-0.25, -0.2) is 4.39 Å². The summed E-state index contributed by atoms with van der Waals surface area (Å²) in [4.78, 5) is 0. The van der Waals surface area contributed by atoms with Gasteiger partial charge in [0.2, 0.25) is 0 Å². The second-order valence-corrected chi connectivity index (χ2v) is 3.54. The maximum absolute atomic E-state index is 13.5. The lowest BCUT2D eigenvalue weighted by atomic mass is 10.0. The van der Waals surface area contributed by atoms with E-state index in [1.807, 2.05) is 26.8 Å². The Labute approximate surface area is 102 Å². The molecule has 0 fully saturated rings. The van der Waals surface area contributed by atoms with Crippen molar-refractivity contribution in [2.75, 3.05) is 0 Å². The molecule has 0 aromatic heterocycles. The van der Waals surface area contributed by atoms with Crippen LogP contribution in [0.25, 0.3) is 11.1 Å². The average molecular weight is 232 g/mol. The third-order valence-electron chi connectivity index (χ3n) is 2.25. The standard InChI is InChI=1S/C13H11FO.C2H6/c1-9-6-10(8-11(15)7-9)12-4-2-3-5-13(12)14;1-2/h2-8,15H,1H3;1-2H3. The molecular formula is C15H17FO. The fourth-order valence-electron chi connectivity index (χ4n) is 1.61. The number of aryl methyl sites for hydroxylation is 1. The Morgan fingerprint density at radius 2 is 1.65 bits per heavy atom. The quantitative estimate of drug-likeness (QED) is 0.765. The summed E-state index contributed by atoms with van der Waals surface area (Å²) >= 11 is 0. The number of hydrogen-bond donors (Lipinski definition) is 1. The highest BCUT2D eigenvalue weighted by molar-refractivity contribution is 5.66. The van der Waals surface area contributed by atoms with Crippen LogP contribution in [0.3, 0.4) is 0 Å². The maximum atomic E-state index is 13.5. The van der Waals surface area contributed by atoms with Gasteiger partial charge in [0.15, 0.2) is 0 Å². The van der Waals surface area contributed by atoms with Crippen LogP contribution < -0.4 is 0 Å². The molecule has 0 heterocycles. The highest BCUT2D eigenvalue weighted by Gasteiger charge is 2.05. The van der Waals surface area contributed by atoms with Crippen LogP contribution >= 0.6 is 0 Å². The molecule has 2 rings (SSSR count). The zero-order chi connectivity index (χ0) is 12.8. The molecule has 0 bridgehead atoms. The normalized spacial score (nSPS) is 9.41. The van der Waals surface area contributed by atoms with E-state index in [9.17, 15) is 9.50 Å². The summed E-state index contributed by atoms with van der Waals surface area (Å²) in [6.45, 7) is 5.87. The zero-order valence-corrected chi connectivity index (χ0v) is 10.4. The van der Waals surface area contributed by atoms with Crippen molar-refractivity contribution >= 4 is 0 Å². The van der Waals surface area contributed by atoms with E-state index in [0.717, 1.165) is 5.56 Å². The number of hydrogen-bond acceptors (Lipinski definition) is 1. The molecule has 2 aromatic rings. The van der Waals surface area contributed by atoms with Crippen molar-refractivity contribution < 1.29 is 9.50 Å². The van der Waals surface area contributed by atoms with Crippen molar-refractivity contribution in [2.45, 2.75) is 20.8 Å². The Morgan fingerprint density at radius 1 is 1.00 bits per heavy atom. The van der Waals surface area contributed by atoms with Gasteiger partial charge >= 0.3 is 0 Å².